The summed E-state index contributed by atoms with van der Waals surface area (Å²) in [5, 5.41) is 12.6. The van der Waals surface area contributed by atoms with Gasteiger partial charge in [0.2, 0.25) is 0 Å². The molecule has 0 unspecified atom stereocenters. The van der Waals surface area contributed by atoms with E-state index in [9.17, 15) is 18.0 Å². The molecule has 0 saturated heterocycles. The maximum Gasteiger partial charge on any atom is 0.416 e. The van der Waals surface area contributed by atoms with Crippen molar-refractivity contribution >= 4 is 16.7 Å². The van der Waals surface area contributed by atoms with Crippen LogP contribution in [0.3, 0.4) is 0 Å². The van der Waals surface area contributed by atoms with Gasteiger partial charge in [-0.1, -0.05) is 36.4 Å². The van der Waals surface area contributed by atoms with Crippen molar-refractivity contribution in [3.8, 4) is 17.2 Å². The second kappa shape index (κ2) is 6.89. The number of rotatable bonds is 3. The van der Waals surface area contributed by atoms with Crippen LogP contribution in [0.1, 0.15) is 15.9 Å². The number of nitriles is 1. The zero-order valence-electron chi connectivity index (χ0n) is 13.5. The lowest BCUT2D eigenvalue weighted by molar-refractivity contribution is -0.137. The summed E-state index contributed by atoms with van der Waals surface area (Å²) in [5.74, 6) is -0.353. The molecule has 0 radical (unpaired) electrons. The third kappa shape index (κ3) is 3.52. The average molecular weight is 354 g/mol. The summed E-state index contributed by atoms with van der Waals surface area (Å²) in [7, 11) is 0. The molecule has 0 aromatic heterocycles. The van der Waals surface area contributed by atoms with Gasteiger partial charge in [-0.05, 0) is 46.2 Å². The number of benzene rings is 3. The van der Waals surface area contributed by atoms with E-state index in [0.717, 1.165) is 28.5 Å². The fourth-order valence-corrected chi connectivity index (χ4v) is 2.74. The van der Waals surface area contributed by atoms with Gasteiger partial charge in [-0.2, -0.15) is 18.4 Å². The molecular weight excluding hydrogens is 341 g/mol. The zero-order valence-corrected chi connectivity index (χ0v) is 13.5. The highest BCUT2D eigenvalue weighted by atomic mass is 19.4. The highest BCUT2D eigenvalue weighted by molar-refractivity contribution is 6.02. The van der Waals surface area contributed by atoms with E-state index in [2.05, 4.69) is 5.32 Å². The van der Waals surface area contributed by atoms with E-state index < -0.39 is 11.7 Å². The van der Waals surface area contributed by atoms with Crippen LogP contribution in [-0.4, -0.2) is 12.5 Å². The average Bonchev–Trinajstić information content (AvgIpc) is 2.64. The molecule has 1 amide bonds. The molecule has 3 nitrogen and oxygen atoms in total. The molecule has 0 bridgehead atoms. The summed E-state index contributed by atoms with van der Waals surface area (Å²) >= 11 is 0. The predicted molar refractivity (Wildman–Crippen MR) is 92.3 cm³/mol. The molecule has 1 N–H and O–H groups in total. The molecule has 0 aliphatic heterocycles. The van der Waals surface area contributed by atoms with Crippen LogP contribution in [0.25, 0.3) is 21.9 Å². The van der Waals surface area contributed by atoms with E-state index in [1.165, 1.54) is 12.1 Å². The Bertz CT molecular complexity index is 1000. The largest absolute Gasteiger partial charge is 0.416 e. The van der Waals surface area contributed by atoms with Crippen LogP contribution >= 0.6 is 0 Å². The highest BCUT2D eigenvalue weighted by Crippen LogP contribution is 2.33. The minimum Gasteiger partial charge on any atom is -0.339 e. The maximum atomic E-state index is 12.7. The van der Waals surface area contributed by atoms with E-state index in [4.69, 9.17) is 5.26 Å². The summed E-state index contributed by atoms with van der Waals surface area (Å²) in [6.07, 6.45) is -4.37. The van der Waals surface area contributed by atoms with Crippen LogP contribution in [-0.2, 0) is 6.18 Å². The first-order valence-electron chi connectivity index (χ1n) is 7.76. The number of hydrogen-bond acceptors (Lipinski definition) is 2. The number of fused-ring (bicyclic) bond motifs is 1. The lowest BCUT2D eigenvalue weighted by atomic mass is 9.96. The van der Waals surface area contributed by atoms with Crippen molar-refractivity contribution in [2.45, 2.75) is 6.18 Å². The van der Waals surface area contributed by atoms with Crippen LogP contribution in [0.15, 0.2) is 60.7 Å². The van der Waals surface area contributed by atoms with Gasteiger partial charge in [0.25, 0.3) is 5.91 Å². The number of carbonyl (C=O) groups excluding carboxylic acids is 1. The van der Waals surface area contributed by atoms with Gasteiger partial charge in [-0.3, -0.25) is 4.79 Å². The van der Waals surface area contributed by atoms with Crippen LogP contribution in [0.2, 0.25) is 0 Å². The summed E-state index contributed by atoms with van der Waals surface area (Å²) in [5.41, 5.74) is 1.15. The first-order chi connectivity index (χ1) is 12.4. The van der Waals surface area contributed by atoms with E-state index in [-0.39, 0.29) is 12.5 Å². The molecule has 0 fully saturated rings. The van der Waals surface area contributed by atoms with E-state index in [1.807, 2.05) is 18.2 Å². The molecule has 3 rings (SSSR count). The Morgan fingerprint density at radius 2 is 1.77 bits per heavy atom. The van der Waals surface area contributed by atoms with Crippen molar-refractivity contribution in [3.05, 3.63) is 71.8 Å². The predicted octanol–water partition coefficient (Wildman–Crippen LogP) is 4.78. The van der Waals surface area contributed by atoms with Gasteiger partial charge in [0.1, 0.15) is 6.54 Å². The number of nitrogens with one attached hydrogen (secondary N) is 1. The molecule has 0 saturated carbocycles. The van der Waals surface area contributed by atoms with Gasteiger partial charge in [0, 0.05) is 5.56 Å². The third-order valence-corrected chi connectivity index (χ3v) is 3.99. The number of hydrogen-bond donors (Lipinski definition) is 1. The quantitative estimate of drug-likeness (QED) is 0.688. The highest BCUT2D eigenvalue weighted by Gasteiger charge is 2.30. The molecule has 3 aromatic carbocycles. The monoisotopic (exact) mass is 354 g/mol. The number of amides is 1. The minimum atomic E-state index is -4.37. The van der Waals surface area contributed by atoms with Crippen LogP contribution in [0.4, 0.5) is 13.2 Å². The van der Waals surface area contributed by atoms with Crippen molar-refractivity contribution in [2.75, 3.05) is 6.54 Å². The summed E-state index contributed by atoms with van der Waals surface area (Å²) in [4.78, 5) is 12.0. The van der Waals surface area contributed by atoms with Crippen molar-refractivity contribution in [2.24, 2.45) is 0 Å². The van der Waals surface area contributed by atoms with Crippen LogP contribution < -0.4 is 5.32 Å². The second-order valence-electron chi connectivity index (χ2n) is 5.66. The van der Waals surface area contributed by atoms with Crippen LogP contribution in [0, 0.1) is 11.3 Å². The second-order valence-corrected chi connectivity index (χ2v) is 5.66. The fraction of sp³-hybridized carbons (Fsp3) is 0.100. The Morgan fingerprint density at radius 3 is 2.42 bits per heavy atom. The Labute approximate surface area is 147 Å². The normalized spacial score (nSPS) is 11.2. The lowest BCUT2D eigenvalue weighted by Crippen LogP contribution is -2.23. The van der Waals surface area contributed by atoms with Crippen molar-refractivity contribution in [3.63, 3.8) is 0 Å². The Morgan fingerprint density at radius 1 is 1.04 bits per heavy atom. The summed E-state index contributed by atoms with van der Waals surface area (Å²) in [6.45, 7) is -0.0809. The Balaban J connectivity index is 2.00. The van der Waals surface area contributed by atoms with Gasteiger partial charge < -0.3 is 5.32 Å². The molecule has 0 heterocycles. The molecule has 0 spiro atoms. The van der Waals surface area contributed by atoms with Gasteiger partial charge in [0.15, 0.2) is 0 Å². The minimum absolute atomic E-state index is 0.0809. The van der Waals surface area contributed by atoms with Gasteiger partial charge >= 0.3 is 6.18 Å². The fourth-order valence-electron chi connectivity index (χ4n) is 2.74. The van der Waals surface area contributed by atoms with E-state index in [1.54, 1.807) is 24.3 Å². The molecule has 3 aromatic rings. The van der Waals surface area contributed by atoms with Crippen molar-refractivity contribution < 1.29 is 18.0 Å². The molecule has 26 heavy (non-hydrogen) atoms. The van der Waals surface area contributed by atoms with E-state index in [0.29, 0.717) is 11.1 Å². The number of halogens is 3. The molecule has 0 atom stereocenters. The SMILES string of the molecule is N#CCNC(=O)c1ccc2c(-c3ccc(C(F)(F)F)cc3)cccc2c1. The topological polar surface area (TPSA) is 52.9 Å². The molecule has 0 aliphatic carbocycles. The smallest absolute Gasteiger partial charge is 0.339 e. The van der Waals surface area contributed by atoms with Crippen molar-refractivity contribution in [1.29, 1.82) is 5.26 Å². The first-order valence-corrected chi connectivity index (χ1v) is 7.76. The molecule has 0 aliphatic rings. The van der Waals surface area contributed by atoms with Gasteiger partial charge in [0.05, 0.1) is 11.6 Å². The summed E-state index contributed by atoms with van der Waals surface area (Å²) < 4.78 is 38.2. The summed E-state index contributed by atoms with van der Waals surface area (Å²) in [6, 6.07) is 17.3. The van der Waals surface area contributed by atoms with Crippen molar-refractivity contribution in [1.82, 2.24) is 5.32 Å². The zero-order chi connectivity index (χ0) is 18.7. The molecular formula is C20H13F3N2O. The molecule has 130 valence electrons. The van der Waals surface area contributed by atoms with Gasteiger partial charge in [-0.15, -0.1) is 0 Å². The standard InChI is InChI=1S/C20H13F3N2O/c21-20(22,23)16-7-4-13(5-8-16)17-3-1-2-14-12-15(6-9-18(14)17)19(26)25-11-10-24/h1-9,12H,11H2,(H,25,26). The van der Waals surface area contributed by atoms with Gasteiger partial charge in [-0.25, -0.2) is 0 Å². The maximum absolute atomic E-state index is 12.7. The molecule has 6 heteroatoms. The Kier molecular flexibility index (Phi) is 4.63. The number of alkyl halides is 3. The number of carbonyl (C=O) groups is 1. The number of nitrogens with zero attached hydrogens (tertiary/aromatic N) is 1. The van der Waals surface area contributed by atoms with Crippen LogP contribution in [0.5, 0.6) is 0 Å². The van der Waals surface area contributed by atoms with E-state index >= 15 is 0 Å². The third-order valence-electron chi connectivity index (χ3n) is 3.99. The first kappa shape index (κ1) is 17.5. The lowest BCUT2D eigenvalue weighted by Gasteiger charge is -2.11. The Hall–Kier alpha value is -3.33.